The van der Waals surface area contributed by atoms with Crippen molar-refractivity contribution in [3.8, 4) is 21.9 Å². The molecule has 2 heterocycles. The Bertz CT molecular complexity index is 1220. The minimum atomic E-state index is -0.251. The average molecular weight is 465 g/mol. The number of amides is 2. The lowest BCUT2D eigenvalue weighted by atomic mass is 9.93. The number of aromatic nitrogens is 1. The van der Waals surface area contributed by atoms with Gasteiger partial charge in [-0.15, -0.1) is 11.3 Å². The molecule has 172 valence electrons. The molecule has 0 saturated carbocycles. The van der Waals surface area contributed by atoms with Crippen molar-refractivity contribution in [3.05, 3.63) is 63.8 Å². The number of methoxy groups -OCH3 is 2. The van der Waals surface area contributed by atoms with E-state index in [4.69, 9.17) is 14.6 Å². The second kappa shape index (κ2) is 9.23. The minimum Gasteiger partial charge on any atom is -0.493 e. The first kappa shape index (κ1) is 22.8. The average Bonchev–Trinajstić information content (AvgIpc) is 3.09. The van der Waals surface area contributed by atoms with E-state index in [-0.39, 0.29) is 12.1 Å². The van der Waals surface area contributed by atoms with Crippen LogP contribution in [0.2, 0.25) is 0 Å². The molecule has 0 spiro atoms. The maximum atomic E-state index is 12.6. The SMILES string of the molecule is CNC(=O)N1N=C(c2ccc(-c3sc(C)nc3C)cc2)c2cc(OC)c(OC)cc2C[C@@H]1C. The number of hydrogen-bond donors (Lipinski definition) is 1. The zero-order valence-electron chi connectivity index (χ0n) is 19.7. The molecule has 8 heteroatoms. The number of carbonyl (C=O) groups is 1. The van der Waals surface area contributed by atoms with Gasteiger partial charge in [-0.05, 0) is 50.5 Å². The van der Waals surface area contributed by atoms with Crippen LogP contribution in [-0.4, -0.2) is 49.0 Å². The molecule has 3 aromatic rings. The molecular weight excluding hydrogens is 436 g/mol. The standard InChI is InChI=1S/C25H28N4O3S/c1-14-11-19-12-21(31-5)22(32-6)13-20(19)23(28-29(14)25(30)26-4)17-7-9-18(10-8-17)24-15(2)27-16(3)33-24/h7-10,12-14H,11H2,1-6H3,(H,26,30)/t14-/m0/s1. The molecular formula is C25H28N4O3S. The third-order valence-corrected chi connectivity index (χ3v) is 6.87. The zero-order chi connectivity index (χ0) is 23.7. The molecule has 0 bridgehead atoms. The van der Waals surface area contributed by atoms with Crippen LogP contribution in [0.25, 0.3) is 10.4 Å². The number of nitrogens with one attached hydrogen (secondary N) is 1. The van der Waals surface area contributed by atoms with Gasteiger partial charge in [0.25, 0.3) is 0 Å². The fourth-order valence-corrected chi connectivity index (χ4v) is 5.05. The molecule has 33 heavy (non-hydrogen) atoms. The van der Waals surface area contributed by atoms with Crippen molar-refractivity contribution in [2.45, 2.75) is 33.2 Å². The van der Waals surface area contributed by atoms with E-state index in [1.165, 1.54) is 5.01 Å². The second-order valence-electron chi connectivity index (χ2n) is 7.99. The summed E-state index contributed by atoms with van der Waals surface area (Å²) in [5.74, 6) is 1.28. The Labute approximate surface area is 198 Å². The summed E-state index contributed by atoms with van der Waals surface area (Å²) in [5, 5.41) is 10.1. The number of rotatable bonds is 4. The largest absolute Gasteiger partial charge is 0.493 e. The van der Waals surface area contributed by atoms with Gasteiger partial charge in [0.1, 0.15) is 0 Å². The van der Waals surface area contributed by atoms with E-state index in [0.717, 1.165) is 37.8 Å². The number of hydrogen-bond acceptors (Lipinski definition) is 6. The molecule has 2 amide bonds. The number of carbonyl (C=O) groups excluding carboxylic acids is 1. The van der Waals surface area contributed by atoms with Crippen molar-refractivity contribution in [1.29, 1.82) is 0 Å². The molecule has 1 aromatic heterocycles. The lowest BCUT2D eigenvalue weighted by Gasteiger charge is -2.22. The highest BCUT2D eigenvalue weighted by atomic mass is 32.1. The first-order valence-electron chi connectivity index (χ1n) is 10.8. The summed E-state index contributed by atoms with van der Waals surface area (Å²) in [7, 11) is 4.85. The molecule has 0 unspecified atom stereocenters. The van der Waals surface area contributed by atoms with E-state index in [9.17, 15) is 4.79 Å². The zero-order valence-corrected chi connectivity index (χ0v) is 20.5. The summed E-state index contributed by atoms with van der Waals surface area (Å²) >= 11 is 1.68. The van der Waals surface area contributed by atoms with Gasteiger partial charge in [0, 0.05) is 18.2 Å². The van der Waals surface area contributed by atoms with Gasteiger partial charge in [-0.1, -0.05) is 24.3 Å². The molecule has 1 aliphatic rings. The van der Waals surface area contributed by atoms with Crippen LogP contribution in [0.5, 0.6) is 11.5 Å². The third kappa shape index (κ3) is 4.30. The summed E-state index contributed by atoms with van der Waals surface area (Å²) in [4.78, 5) is 18.3. The fraction of sp³-hybridized carbons (Fsp3) is 0.320. The normalized spacial score (nSPS) is 15.4. The lowest BCUT2D eigenvalue weighted by Crippen LogP contribution is -2.41. The van der Waals surface area contributed by atoms with Crippen LogP contribution in [0, 0.1) is 13.8 Å². The quantitative estimate of drug-likeness (QED) is 0.603. The molecule has 1 aliphatic heterocycles. The van der Waals surface area contributed by atoms with Crippen LogP contribution < -0.4 is 14.8 Å². The Morgan fingerprint density at radius 3 is 2.30 bits per heavy atom. The monoisotopic (exact) mass is 464 g/mol. The maximum absolute atomic E-state index is 12.6. The first-order valence-corrected chi connectivity index (χ1v) is 11.6. The fourth-order valence-electron chi connectivity index (χ4n) is 4.13. The van der Waals surface area contributed by atoms with Crippen LogP contribution in [0.3, 0.4) is 0 Å². The number of ether oxygens (including phenoxy) is 2. The van der Waals surface area contributed by atoms with Crippen molar-refractivity contribution in [2.24, 2.45) is 5.10 Å². The van der Waals surface area contributed by atoms with Gasteiger partial charge < -0.3 is 14.8 Å². The number of urea groups is 1. The number of fused-ring (bicyclic) bond motifs is 1. The van der Waals surface area contributed by atoms with Gasteiger partial charge in [0.2, 0.25) is 0 Å². The van der Waals surface area contributed by atoms with E-state index in [2.05, 4.69) is 22.4 Å². The van der Waals surface area contributed by atoms with Gasteiger partial charge in [-0.25, -0.2) is 14.8 Å². The molecule has 0 saturated heterocycles. The van der Waals surface area contributed by atoms with Gasteiger partial charge >= 0.3 is 6.03 Å². The van der Waals surface area contributed by atoms with E-state index in [1.807, 2.05) is 45.0 Å². The Balaban J connectivity index is 1.86. The summed E-state index contributed by atoms with van der Waals surface area (Å²) in [5.41, 5.74) is 5.72. The Hall–Kier alpha value is -3.39. The molecule has 2 aromatic carbocycles. The van der Waals surface area contributed by atoms with Gasteiger partial charge in [0.15, 0.2) is 11.5 Å². The number of nitrogens with zero attached hydrogens (tertiary/aromatic N) is 3. The summed E-state index contributed by atoms with van der Waals surface area (Å²) in [6.45, 7) is 6.03. The molecule has 0 fully saturated rings. The van der Waals surface area contributed by atoms with E-state index in [0.29, 0.717) is 23.6 Å². The van der Waals surface area contributed by atoms with E-state index in [1.54, 1.807) is 32.6 Å². The first-order chi connectivity index (χ1) is 15.9. The Morgan fingerprint density at radius 1 is 1.09 bits per heavy atom. The molecule has 7 nitrogen and oxygen atoms in total. The molecule has 1 N–H and O–H groups in total. The minimum absolute atomic E-state index is 0.138. The number of aryl methyl sites for hydroxylation is 2. The summed E-state index contributed by atoms with van der Waals surface area (Å²) in [6, 6.07) is 11.8. The summed E-state index contributed by atoms with van der Waals surface area (Å²) in [6.07, 6.45) is 0.632. The maximum Gasteiger partial charge on any atom is 0.337 e. The highest BCUT2D eigenvalue weighted by Crippen LogP contribution is 2.35. The van der Waals surface area contributed by atoms with E-state index < -0.39 is 0 Å². The van der Waals surface area contributed by atoms with Crippen LogP contribution in [0.15, 0.2) is 41.5 Å². The predicted molar refractivity (Wildman–Crippen MR) is 132 cm³/mol. The molecule has 0 radical (unpaired) electrons. The van der Waals surface area contributed by atoms with Crippen molar-refractivity contribution in [3.63, 3.8) is 0 Å². The van der Waals surface area contributed by atoms with Crippen LogP contribution in [-0.2, 0) is 6.42 Å². The van der Waals surface area contributed by atoms with Crippen LogP contribution in [0.4, 0.5) is 4.79 Å². The van der Waals surface area contributed by atoms with Gasteiger partial charge in [0.05, 0.1) is 41.6 Å². The number of hydrazone groups is 1. The third-order valence-electron chi connectivity index (χ3n) is 5.75. The van der Waals surface area contributed by atoms with Gasteiger partial charge in [-0.2, -0.15) is 5.10 Å². The van der Waals surface area contributed by atoms with Crippen molar-refractivity contribution >= 4 is 23.1 Å². The van der Waals surface area contributed by atoms with Gasteiger partial charge in [-0.3, -0.25) is 0 Å². The van der Waals surface area contributed by atoms with Crippen molar-refractivity contribution < 1.29 is 14.3 Å². The molecule has 1 atom stereocenters. The number of benzene rings is 2. The Morgan fingerprint density at radius 2 is 1.73 bits per heavy atom. The highest BCUT2D eigenvalue weighted by Gasteiger charge is 2.28. The molecule has 0 aliphatic carbocycles. The van der Waals surface area contributed by atoms with Crippen LogP contribution >= 0.6 is 11.3 Å². The van der Waals surface area contributed by atoms with Crippen LogP contribution in [0.1, 0.15) is 34.3 Å². The Kier molecular flexibility index (Phi) is 6.37. The lowest BCUT2D eigenvalue weighted by molar-refractivity contribution is 0.184. The predicted octanol–water partition coefficient (Wildman–Crippen LogP) is 4.78. The van der Waals surface area contributed by atoms with Crippen molar-refractivity contribution in [1.82, 2.24) is 15.3 Å². The number of thiazole rings is 1. The van der Waals surface area contributed by atoms with E-state index >= 15 is 0 Å². The van der Waals surface area contributed by atoms with Crippen molar-refractivity contribution in [2.75, 3.05) is 21.3 Å². The summed E-state index contributed by atoms with van der Waals surface area (Å²) < 4.78 is 11.1. The smallest absolute Gasteiger partial charge is 0.337 e. The topological polar surface area (TPSA) is 76.1 Å². The second-order valence-corrected chi connectivity index (χ2v) is 9.19. The molecule has 4 rings (SSSR count). The highest BCUT2D eigenvalue weighted by molar-refractivity contribution is 7.15.